The highest BCUT2D eigenvalue weighted by Crippen LogP contribution is 2.17. The standard InChI is InChI=1S/C27H30N4O3/c32-26(31-24(21-11-5-2-6-12-21)15-22-13-7-8-14-28-22)18-30-27(33)25-16-23(17-29-25)34-19-20-9-3-1-4-10-20/h1-14,23-25,29H,15-19H2,(H,30,33)(H,31,32)/t23-,24?,25+/m1/s1. The van der Waals surface area contributed by atoms with Gasteiger partial charge in [-0.05, 0) is 29.7 Å². The highest BCUT2D eigenvalue weighted by Gasteiger charge is 2.30. The minimum atomic E-state index is -0.369. The fourth-order valence-corrected chi connectivity index (χ4v) is 4.02. The molecular weight excluding hydrogens is 428 g/mol. The van der Waals surface area contributed by atoms with Gasteiger partial charge in [0.15, 0.2) is 0 Å². The van der Waals surface area contributed by atoms with Crippen molar-refractivity contribution in [2.24, 2.45) is 0 Å². The number of nitrogens with one attached hydrogen (secondary N) is 3. The summed E-state index contributed by atoms with van der Waals surface area (Å²) in [5, 5.41) is 8.98. The Morgan fingerprint density at radius 3 is 2.47 bits per heavy atom. The van der Waals surface area contributed by atoms with Gasteiger partial charge < -0.3 is 20.7 Å². The molecule has 1 aromatic heterocycles. The van der Waals surface area contributed by atoms with Crippen LogP contribution in [0.5, 0.6) is 0 Å². The van der Waals surface area contributed by atoms with E-state index < -0.39 is 0 Å². The topological polar surface area (TPSA) is 92.4 Å². The third-order valence-electron chi connectivity index (χ3n) is 5.84. The SMILES string of the molecule is O=C(CNC(=O)[C@@H]1C[C@@H](OCc2ccccc2)CN1)NC(Cc1ccccn1)c1ccccc1. The van der Waals surface area contributed by atoms with E-state index in [0.29, 0.717) is 26.0 Å². The summed E-state index contributed by atoms with van der Waals surface area (Å²) in [6, 6.07) is 24.9. The molecule has 34 heavy (non-hydrogen) atoms. The average molecular weight is 459 g/mol. The fourth-order valence-electron chi connectivity index (χ4n) is 4.02. The van der Waals surface area contributed by atoms with Crippen molar-refractivity contribution < 1.29 is 14.3 Å². The molecule has 4 rings (SSSR count). The van der Waals surface area contributed by atoms with Crippen LogP contribution in [0.1, 0.15) is 29.3 Å². The molecule has 7 nitrogen and oxygen atoms in total. The zero-order valence-electron chi connectivity index (χ0n) is 19.0. The van der Waals surface area contributed by atoms with Gasteiger partial charge in [0, 0.05) is 24.9 Å². The Kier molecular flexibility index (Phi) is 8.38. The van der Waals surface area contributed by atoms with E-state index in [1.54, 1.807) is 6.20 Å². The summed E-state index contributed by atoms with van der Waals surface area (Å²) in [6.07, 6.45) is 2.85. The lowest BCUT2D eigenvalue weighted by atomic mass is 10.0. The molecule has 1 fully saturated rings. The van der Waals surface area contributed by atoms with Crippen LogP contribution in [0.3, 0.4) is 0 Å². The molecule has 1 aliphatic rings. The van der Waals surface area contributed by atoms with Gasteiger partial charge in [-0.25, -0.2) is 0 Å². The van der Waals surface area contributed by atoms with E-state index in [1.165, 1.54) is 0 Å². The van der Waals surface area contributed by atoms with Gasteiger partial charge >= 0.3 is 0 Å². The number of carbonyl (C=O) groups excluding carboxylic acids is 2. The summed E-state index contributed by atoms with van der Waals surface area (Å²) >= 11 is 0. The van der Waals surface area contributed by atoms with Crippen LogP contribution in [-0.4, -0.2) is 42.0 Å². The zero-order valence-corrected chi connectivity index (χ0v) is 19.0. The molecule has 0 saturated carbocycles. The van der Waals surface area contributed by atoms with Crippen molar-refractivity contribution in [3.8, 4) is 0 Å². The van der Waals surface area contributed by atoms with E-state index in [4.69, 9.17) is 4.74 Å². The Hall–Kier alpha value is -3.55. The van der Waals surface area contributed by atoms with E-state index in [0.717, 1.165) is 16.8 Å². The van der Waals surface area contributed by atoms with Crippen molar-refractivity contribution in [2.75, 3.05) is 13.1 Å². The maximum Gasteiger partial charge on any atom is 0.239 e. The normalized spacial score (nSPS) is 18.2. The van der Waals surface area contributed by atoms with Gasteiger partial charge in [0.25, 0.3) is 0 Å². The van der Waals surface area contributed by atoms with E-state index in [1.807, 2.05) is 78.9 Å². The quantitative estimate of drug-likeness (QED) is 0.434. The Bertz CT molecular complexity index is 1050. The third kappa shape index (κ3) is 6.97. The van der Waals surface area contributed by atoms with Crippen LogP contribution in [-0.2, 0) is 27.4 Å². The number of pyridine rings is 1. The number of rotatable bonds is 10. The van der Waals surface area contributed by atoms with Crippen LogP contribution >= 0.6 is 0 Å². The summed E-state index contributed by atoms with van der Waals surface area (Å²) in [5.74, 6) is -0.435. The molecule has 176 valence electrons. The third-order valence-corrected chi connectivity index (χ3v) is 5.84. The van der Waals surface area contributed by atoms with Crippen molar-refractivity contribution in [3.05, 3.63) is 102 Å². The van der Waals surface area contributed by atoms with Crippen LogP contribution in [0.4, 0.5) is 0 Å². The first-order valence-corrected chi connectivity index (χ1v) is 11.6. The first-order valence-electron chi connectivity index (χ1n) is 11.6. The van der Waals surface area contributed by atoms with Gasteiger partial charge in [0.05, 0.1) is 31.3 Å². The largest absolute Gasteiger partial charge is 0.372 e. The van der Waals surface area contributed by atoms with Crippen molar-refractivity contribution in [3.63, 3.8) is 0 Å². The predicted molar refractivity (Wildman–Crippen MR) is 130 cm³/mol. The molecule has 2 aromatic carbocycles. The fraction of sp³-hybridized carbons (Fsp3) is 0.296. The molecular formula is C27H30N4O3. The van der Waals surface area contributed by atoms with Gasteiger partial charge in [0.1, 0.15) is 0 Å². The van der Waals surface area contributed by atoms with Crippen molar-refractivity contribution >= 4 is 11.8 Å². The number of nitrogens with zero attached hydrogens (tertiary/aromatic N) is 1. The van der Waals surface area contributed by atoms with E-state index in [9.17, 15) is 9.59 Å². The predicted octanol–water partition coefficient (Wildman–Crippen LogP) is 2.55. The molecule has 1 saturated heterocycles. The molecule has 2 amide bonds. The summed E-state index contributed by atoms with van der Waals surface area (Å²) < 4.78 is 5.93. The van der Waals surface area contributed by atoms with Crippen LogP contribution < -0.4 is 16.0 Å². The lowest BCUT2D eigenvalue weighted by molar-refractivity contribution is -0.127. The Morgan fingerprint density at radius 2 is 1.74 bits per heavy atom. The van der Waals surface area contributed by atoms with Crippen LogP contribution in [0, 0.1) is 0 Å². The first kappa shape index (κ1) is 23.6. The molecule has 1 aliphatic heterocycles. The van der Waals surface area contributed by atoms with Crippen LogP contribution in [0.25, 0.3) is 0 Å². The van der Waals surface area contributed by atoms with Gasteiger partial charge in [-0.15, -0.1) is 0 Å². The number of benzene rings is 2. The molecule has 3 N–H and O–H groups in total. The van der Waals surface area contributed by atoms with Crippen molar-refractivity contribution in [1.82, 2.24) is 20.9 Å². The highest BCUT2D eigenvalue weighted by atomic mass is 16.5. The molecule has 3 aromatic rings. The summed E-state index contributed by atoms with van der Waals surface area (Å²) in [4.78, 5) is 29.6. The lowest BCUT2D eigenvalue weighted by Gasteiger charge is -2.20. The molecule has 7 heteroatoms. The highest BCUT2D eigenvalue weighted by molar-refractivity contribution is 5.87. The number of hydrogen-bond donors (Lipinski definition) is 3. The van der Waals surface area contributed by atoms with Gasteiger partial charge in [-0.3, -0.25) is 14.6 Å². The Morgan fingerprint density at radius 1 is 1.00 bits per heavy atom. The molecule has 0 bridgehead atoms. The van der Waals surface area contributed by atoms with Gasteiger partial charge in [-0.1, -0.05) is 66.7 Å². The molecule has 1 unspecified atom stereocenters. The molecule has 0 radical (unpaired) electrons. The number of hydrogen-bond acceptors (Lipinski definition) is 5. The maximum absolute atomic E-state index is 12.7. The van der Waals surface area contributed by atoms with Crippen LogP contribution in [0.2, 0.25) is 0 Å². The molecule has 0 aliphatic carbocycles. The second-order valence-electron chi connectivity index (χ2n) is 8.39. The zero-order chi connectivity index (χ0) is 23.6. The maximum atomic E-state index is 12.7. The monoisotopic (exact) mass is 458 g/mol. The average Bonchev–Trinajstić information content (AvgIpc) is 3.37. The second-order valence-corrected chi connectivity index (χ2v) is 8.39. The second kappa shape index (κ2) is 12.1. The van der Waals surface area contributed by atoms with E-state index in [-0.39, 0.29) is 36.5 Å². The lowest BCUT2D eigenvalue weighted by Crippen LogP contribution is -2.45. The number of amides is 2. The summed E-state index contributed by atoms with van der Waals surface area (Å²) in [5.41, 5.74) is 2.98. The molecule has 0 spiro atoms. The molecule has 2 heterocycles. The minimum absolute atomic E-state index is 0.0365. The van der Waals surface area contributed by atoms with E-state index in [2.05, 4.69) is 20.9 Å². The smallest absolute Gasteiger partial charge is 0.239 e. The van der Waals surface area contributed by atoms with Crippen molar-refractivity contribution in [1.29, 1.82) is 0 Å². The van der Waals surface area contributed by atoms with Gasteiger partial charge in [-0.2, -0.15) is 0 Å². The number of aromatic nitrogens is 1. The van der Waals surface area contributed by atoms with Gasteiger partial charge in [0.2, 0.25) is 11.8 Å². The summed E-state index contributed by atoms with van der Waals surface area (Å²) in [6.45, 7) is 1.04. The van der Waals surface area contributed by atoms with E-state index >= 15 is 0 Å². The summed E-state index contributed by atoms with van der Waals surface area (Å²) in [7, 11) is 0. The number of ether oxygens (including phenoxy) is 1. The first-order chi connectivity index (χ1) is 16.7. The number of carbonyl (C=O) groups is 2. The Labute approximate surface area is 199 Å². The van der Waals surface area contributed by atoms with Crippen molar-refractivity contribution in [2.45, 2.75) is 37.6 Å². The Balaban J connectivity index is 1.24. The molecule has 3 atom stereocenters. The minimum Gasteiger partial charge on any atom is -0.372 e. The van der Waals surface area contributed by atoms with Crippen LogP contribution in [0.15, 0.2) is 85.1 Å².